The van der Waals surface area contributed by atoms with E-state index in [4.69, 9.17) is 5.73 Å². The molecule has 0 aliphatic carbocycles. The summed E-state index contributed by atoms with van der Waals surface area (Å²) in [7, 11) is 0. The Kier molecular flexibility index (Phi) is 3.84. The fourth-order valence-electron chi connectivity index (χ4n) is 1.69. The van der Waals surface area contributed by atoms with Crippen LogP contribution in [0.2, 0.25) is 0 Å². The molecule has 2 aromatic heterocycles. The molecule has 0 atom stereocenters. The Hall–Kier alpha value is -2.63. The Balaban J connectivity index is 2.34. The van der Waals surface area contributed by atoms with Gasteiger partial charge >= 0.3 is 0 Å². The molecule has 104 valence electrons. The first-order valence-corrected chi connectivity index (χ1v) is 6.23. The molecule has 2 aromatic rings. The van der Waals surface area contributed by atoms with Gasteiger partial charge in [-0.1, -0.05) is 13.8 Å². The van der Waals surface area contributed by atoms with Crippen molar-refractivity contribution in [3.8, 4) is 0 Å². The summed E-state index contributed by atoms with van der Waals surface area (Å²) >= 11 is 0. The predicted octanol–water partition coefficient (Wildman–Crippen LogP) is 1.66. The molecule has 0 aromatic carbocycles. The number of hydrogen-bond acceptors (Lipinski definition) is 3. The van der Waals surface area contributed by atoms with E-state index in [-0.39, 0.29) is 11.8 Å². The summed E-state index contributed by atoms with van der Waals surface area (Å²) in [6.07, 6.45) is 6.20. The van der Waals surface area contributed by atoms with Crippen LogP contribution >= 0.6 is 0 Å². The highest BCUT2D eigenvalue weighted by atomic mass is 16.2. The van der Waals surface area contributed by atoms with Crippen molar-refractivity contribution in [3.63, 3.8) is 0 Å². The molecule has 0 aliphatic heterocycles. The maximum Gasteiger partial charge on any atom is 0.241 e. The molecule has 0 radical (unpaired) electrons. The van der Waals surface area contributed by atoms with Crippen LogP contribution in [0.3, 0.4) is 0 Å². The van der Waals surface area contributed by atoms with E-state index in [1.54, 1.807) is 24.5 Å². The van der Waals surface area contributed by atoms with Gasteiger partial charge in [-0.2, -0.15) is 0 Å². The third-order valence-corrected chi connectivity index (χ3v) is 2.78. The summed E-state index contributed by atoms with van der Waals surface area (Å²) in [5, 5.41) is 3.59. The average Bonchev–Trinajstić information content (AvgIpc) is 2.78. The van der Waals surface area contributed by atoms with Crippen molar-refractivity contribution in [2.24, 2.45) is 11.7 Å². The number of carbonyl (C=O) groups is 2. The zero-order valence-electron chi connectivity index (χ0n) is 11.3. The molecule has 6 heteroatoms. The van der Waals surface area contributed by atoms with Crippen molar-refractivity contribution < 1.29 is 9.59 Å². The van der Waals surface area contributed by atoms with Gasteiger partial charge in [0.25, 0.3) is 0 Å². The topological polar surface area (TPSA) is 101 Å². The van der Waals surface area contributed by atoms with Gasteiger partial charge in [0.2, 0.25) is 11.8 Å². The van der Waals surface area contributed by atoms with Crippen LogP contribution in [0.15, 0.2) is 24.5 Å². The summed E-state index contributed by atoms with van der Waals surface area (Å²) < 4.78 is 0. The van der Waals surface area contributed by atoms with Gasteiger partial charge < -0.3 is 16.0 Å². The second kappa shape index (κ2) is 5.56. The average molecular weight is 272 g/mol. The van der Waals surface area contributed by atoms with Crippen molar-refractivity contribution >= 4 is 34.6 Å². The predicted molar refractivity (Wildman–Crippen MR) is 77.8 cm³/mol. The maximum absolute atomic E-state index is 11.7. The number of fused-ring (bicyclic) bond motifs is 1. The highest BCUT2D eigenvalue weighted by molar-refractivity contribution is 5.97. The SMILES string of the molecule is CC(C)C(=O)Nc1cnc2[nH]cc(/C=C/C(N)=O)c2c1. The molecule has 0 bridgehead atoms. The molecule has 2 rings (SSSR count). The van der Waals surface area contributed by atoms with E-state index in [1.807, 2.05) is 13.8 Å². The Morgan fingerprint density at radius 3 is 2.85 bits per heavy atom. The summed E-state index contributed by atoms with van der Waals surface area (Å²) in [5.41, 5.74) is 7.15. The van der Waals surface area contributed by atoms with Gasteiger partial charge in [0.1, 0.15) is 5.65 Å². The van der Waals surface area contributed by atoms with E-state index in [9.17, 15) is 9.59 Å². The molecule has 6 nitrogen and oxygen atoms in total. The number of rotatable bonds is 4. The van der Waals surface area contributed by atoms with Gasteiger partial charge in [0.15, 0.2) is 0 Å². The van der Waals surface area contributed by atoms with E-state index < -0.39 is 5.91 Å². The van der Waals surface area contributed by atoms with Crippen molar-refractivity contribution in [1.29, 1.82) is 0 Å². The normalized spacial score (nSPS) is 11.3. The van der Waals surface area contributed by atoms with Crippen LogP contribution in [0.5, 0.6) is 0 Å². The molecule has 4 N–H and O–H groups in total. The van der Waals surface area contributed by atoms with Crippen LogP contribution in [0.1, 0.15) is 19.4 Å². The van der Waals surface area contributed by atoms with Gasteiger partial charge in [0.05, 0.1) is 11.9 Å². The van der Waals surface area contributed by atoms with Gasteiger partial charge in [-0.15, -0.1) is 0 Å². The molecular formula is C14H16N4O2. The van der Waals surface area contributed by atoms with Crippen LogP contribution in [-0.4, -0.2) is 21.8 Å². The molecule has 0 saturated carbocycles. The van der Waals surface area contributed by atoms with Crippen LogP contribution in [-0.2, 0) is 9.59 Å². The molecule has 2 amide bonds. The standard InChI is InChI=1S/C14H16N4O2/c1-8(2)14(20)18-10-5-11-9(3-4-12(15)19)6-16-13(11)17-7-10/h3-8H,1-2H3,(H2,15,19)(H,16,17)(H,18,20)/b4-3+. The number of amides is 2. The van der Waals surface area contributed by atoms with E-state index in [0.717, 1.165) is 10.9 Å². The fraction of sp³-hybridized carbons (Fsp3) is 0.214. The second-order valence-corrected chi connectivity index (χ2v) is 4.74. The van der Waals surface area contributed by atoms with Crippen molar-refractivity contribution in [1.82, 2.24) is 9.97 Å². The lowest BCUT2D eigenvalue weighted by Gasteiger charge is -2.07. The minimum atomic E-state index is -0.517. The number of nitrogens with one attached hydrogen (secondary N) is 2. The van der Waals surface area contributed by atoms with Gasteiger partial charge in [-0.3, -0.25) is 9.59 Å². The van der Waals surface area contributed by atoms with Crippen LogP contribution in [0.25, 0.3) is 17.1 Å². The highest BCUT2D eigenvalue weighted by Gasteiger charge is 2.09. The number of nitrogens with zero attached hydrogens (tertiary/aromatic N) is 1. The monoisotopic (exact) mass is 272 g/mol. The van der Waals surface area contributed by atoms with E-state index in [0.29, 0.717) is 11.3 Å². The number of nitrogens with two attached hydrogens (primary N) is 1. The molecule has 0 aliphatic rings. The molecular weight excluding hydrogens is 256 g/mol. The number of aromatic nitrogens is 2. The van der Waals surface area contributed by atoms with E-state index in [1.165, 1.54) is 6.08 Å². The second-order valence-electron chi connectivity index (χ2n) is 4.74. The Bertz CT molecular complexity index is 686. The zero-order chi connectivity index (χ0) is 14.7. The smallest absolute Gasteiger partial charge is 0.241 e. The molecule has 0 fully saturated rings. The molecule has 0 saturated heterocycles. The summed E-state index contributed by atoms with van der Waals surface area (Å²) in [4.78, 5) is 29.6. The van der Waals surface area contributed by atoms with E-state index in [2.05, 4.69) is 15.3 Å². The Morgan fingerprint density at radius 1 is 1.45 bits per heavy atom. The number of carbonyl (C=O) groups excluding carboxylic acids is 2. The summed E-state index contributed by atoms with van der Waals surface area (Å²) in [5.74, 6) is -0.696. The minimum Gasteiger partial charge on any atom is -0.366 e. The molecule has 0 unspecified atom stereocenters. The van der Waals surface area contributed by atoms with Gasteiger partial charge in [0, 0.05) is 29.1 Å². The van der Waals surface area contributed by atoms with E-state index >= 15 is 0 Å². The summed E-state index contributed by atoms with van der Waals surface area (Å²) in [6.45, 7) is 3.64. The lowest BCUT2D eigenvalue weighted by Crippen LogP contribution is -2.17. The summed E-state index contributed by atoms with van der Waals surface area (Å²) in [6, 6.07) is 1.81. The number of pyridine rings is 1. The van der Waals surface area contributed by atoms with Crippen LogP contribution < -0.4 is 11.1 Å². The number of aromatic amines is 1. The molecule has 20 heavy (non-hydrogen) atoms. The lowest BCUT2D eigenvalue weighted by atomic mass is 10.2. The zero-order valence-corrected chi connectivity index (χ0v) is 11.3. The molecule has 2 heterocycles. The van der Waals surface area contributed by atoms with Crippen molar-refractivity contribution in [2.45, 2.75) is 13.8 Å². The number of H-pyrrole nitrogens is 1. The number of hydrogen-bond donors (Lipinski definition) is 3. The lowest BCUT2D eigenvalue weighted by molar-refractivity contribution is -0.119. The largest absolute Gasteiger partial charge is 0.366 e. The van der Waals surface area contributed by atoms with Crippen molar-refractivity contribution in [3.05, 3.63) is 30.1 Å². The third kappa shape index (κ3) is 3.03. The Morgan fingerprint density at radius 2 is 2.20 bits per heavy atom. The molecule has 0 spiro atoms. The fourth-order valence-corrected chi connectivity index (χ4v) is 1.69. The van der Waals surface area contributed by atoms with Crippen LogP contribution in [0.4, 0.5) is 5.69 Å². The minimum absolute atomic E-state index is 0.0732. The first-order valence-electron chi connectivity index (χ1n) is 6.23. The highest BCUT2D eigenvalue weighted by Crippen LogP contribution is 2.21. The number of anilines is 1. The maximum atomic E-state index is 11.7. The Labute approximate surface area is 116 Å². The first-order chi connectivity index (χ1) is 9.47. The van der Waals surface area contributed by atoms with Crippen LogP contribution in [0, 0.1) is 5.92 Å². The van der Waals surface area contributed by atoms with Gasteiger partial charge in [-0.25, -0.2) is 4.98 Å². The first kappa shape index (κ1) is 13.8. The van der Waals surface area contributed by atoms with Gasteiger partial charge in [-0.05, 0) is 12.1 Å². The quantitative estimate of drug-likeness (QED) is 0.738. The van der Waals surface area contributed by atoms with Crippen molar-refractivity contribution in [2.75, 3.05) is 5.32 Å². The third-order valence-electron chi connectivity index (χ3n) is 2.78. The number of primary amides is 1.